The van der Waals surface area contributed by atoms with Gasteiger partial charge in [0.2, 0.25) is 0 Å². The van der Waals surface area contributed by atoms with Gasteiger partial charge in [-0.25, -0.2) is 4.79 Å². The number of rotatable bonds is 2. The van der Waals surface area contributed by atoms with Gasteiger partial charge in [-0.05, 0) is 45.3 Å². The molecule has 0 N–H and O–H groups in total. The maximum absolute atomic E-state index is 12.4. The second-order valence-electron chi connectivity index (χ2n) is 8.98. The summed E-state index contributed by atoms with van der Waals surface area (Å²) in [4.78, 5) is 14.3. The van der Waals surface area contributed by atoms with Gasteiger partial charge in [-0.1, -0.05) is 32.9 Å². The SMILES string of the molecule is CC(C)(C)OC(=O)N1C2C=CC1C(O[Si](C)(C)C(C)(C)C)C2. The highest BCUT2D eigenvalue weighted by Gasteiger charge is 2.50. The Morgan fingerprint density at radius 1 is 1.14 bits per heavy atom. The van der Waals surface area contributed by atoms with E-state index in [9.17, 15) is 4.79 Å². The van der Waals surface area contributed by atoms with Crippen molar-refractivity contribution in [2.45, 2.75) is 89.9 Å². The molecule has 126 valence electrons. The number of hydrogen-bond donors (Lipinski definition) is 0. The van der Waals surface area contributed by atoms with Crippen molar-refractivity contribution >= 4 is 14.4 Å². The summed E-state index contributed by atoms with van der Waals surface area (Å²) in [6.07, 6.45) is 4.97. The fourth-order valence-electron chi connectivity index (χ4n) is 2.77. The van der Waals surface area contributed by atoms with Crippen LogP contribution in [0.25, 0.3) is 0 Å². The monoisotopic (exact) mass is 325 g/mol. The standard InChI is InChI=1S/C17H31NO3Si/c1-16(2,3)20-15(19)18-12-9-10-13(18)14(11-12)21-22(7,8)17(4,5)6/h9-10,12-14H,11H2,1-8H3. The molecule has 1 amide bonds. The minimum absolute atomic E-state index is 0.0222. The lowest BCUT2D eigenvalue weighted by Crippen LogP contribution is -2.48. The van der Waals surface area contributed by atoms with Crippen LogP contribution in [0.4, 0.5) is 4.79 Å². The van der Waals surface area contributed by atoms with Gasteiger partial charge in [0.1, 0.15) is 5.60 Å². The summed E-state index contributed by atoms with van der Waals surface area (Å²) in [7, 11) is -1.83. The van der Waals surface area contributed by atoms with E-state index in [1.54, 1.807) is 0 Å². The predicted molar refractivity (Wildman–Crippen MR) is 91.5 cm³/mol. The van der Waals surface area contributed by atoms with E-state index in [-0.39, 0.29) is 29.3 Å². The first kappa shape index (κ1) is 17.5. The van der Waals surface area contributed by atoms with Gasteiger partial charge in [-0.15, -0.1) is 0 Å². The lowest BCUT2D eigenvalue weighted by molar-refractivity contribution is 0.0197. The van der Waals surface area contributed by atoms with Gasteiger partial charge in [-0.2, -0.15) is 0 Å². The van der Waals surface area contributed by atoms with Crippen molar-refractivity contribution in [3.05, 3.63) is 12.2 Å². The Morgan fingerprint density at radius 2 is 1.73 bits per heavy atom. The highest BCUT2D eigenvalue weighted by atomic mass is 28.4. The molecule has 2 aliphatic heterocycles. The molecule has 2 bridgehead atoms. The second kappa shape index (κ2) is 5.37. The first-order valence-electron chi connectivity index (χ1n) is 8.19. The van der Waals surface area contributed by atoms with Crippen LogP contribution in [0.15, 0.2) is 12.2 Å². The van der Waals surface area contributed by atoms with Gasteiger partial charge in [-0.3, -0.25) is 4.90 Å². The zero-order valence-electron chi connectivity index (χ0n) is 15.3. The van der Waals surface area contributed by atoms with Crippen LogP contribution in [0.5, 0.6) is 0 Å². The van der Waals surface area contributed by atoms with Crippen LogP contribution in [0.3, 0.4) is 0 Å². The Hall–Kier alpha value is -0.813. The lowest BCUT2D eigenvalue weighted by Gasteiger charge is -2.39. The first-order valence-corrected chi connectivity index (χ1v) is 11.1. The number of ether oxygens (including phenoxy) is 1. The zero-order valence-corrected chi connectivity index (χ0v) is 16.3. The van der Waals surface area contributed by atoms with Gasteiger partial charge in [0.15, 0.2) is 8.32 Å². The average molecular weight is 326 g/mol. The van der Waals surface area contributed by atoms with Crippen molar-refractivity contribution in [3.63, 3.8) is 0 Å². The molecule has 2 aliphatic rings. The number of hydrogen-bond acceptors (Lipinski definition) is 3. The molecule has 0 aliphatic carbocycles. The molecule has 0 saturated carbocycles. The molecular weight excluding hydrogens is 294 g/mol. The molecular formula is C17H31NO3Si. The molecule has 3 atom stereocenters. The van der Waals surface area contributed by atoms with Crippen molar-refractivity contribution < 1.29 is 14.0 Å². The lowest BCUT2D eigenvalue weighted by atomic mass is 10.1. The van der Waals surface area contributed by atoms with E-state index < -0.39 is 13.9 Å². The van der Waals surface area contributed by atoms with Crippen LogP contribution in [-0.4, -0.2) is 43.1 Å². The molecule has 1 fully saturated rings. The first-order chi connectivity index (χ1) is 9.82. The summed E-state index contributed by atoms with van der Waals surface area (Å²) in [6.45, 7) is 17.0. The summed E-state index contributed by atoms with van der Waals surface area (Å²) in [5.74, 6) is 0. The van der Waals surface area contributed by atoms with Gasteiger partial charge in [0.05, 0.1) is 18.2 Å². The summed E-state index contributed by atoms with van der Waals surface area (Å²) < 4.78 is 12.1. The number of carbonyl (C=O) groups is 1. The minimum Gasteiger partial charge on any atom is -0.444 e. The normalized spacial score (nSPS) is 28.4. The molecule has 22 heavy (non-hydrogen) atoms. The van der Waals surface area contributed by atoms with Crippen molar-refractivity contribution in [2.24, 2.45) is 0 Å². The molecule has 2 heterocycles. The minimum atomic E-state index is -1.83. The van der Waals surface area contributed by atoms with E-state index in [0.717, 1.165) is 6.42 Å². The number of amides is 1. The Morgan fingerprint density at radius 3 is 2.23 bits per heavy atom. The molecule has 0 radical (unpaired) electrons. The summed E-state index contributed by atoms with van der Waals surface area (Å²) >= 11 is 0. The fourth-order valence-corrected chi connectivity index (χ4v) is 4.11. The summed E-state index contributed by atoms with van der Waals surface area (Å²) in [6, 6.07) is 0.142. The quantitative estimate of drug-likeness (QED) is 0.560. The molecule has 1 saturated heterocycles. The van der Waals surface area contributed by atoms with Crippen LogP contribution >= 0.6 is 0 Å². The molecule has 4 nitrogen and oxygen atoms in total. The number of nitrogens with zero attached hydrogens (tertiary/aromatic N) is 1. The number of fused-ring (bicyclic) bond motifs is 2. The van der Waals surface area contributed by atoms with Gasteiger partial charge in [0, 0.05) is 0 Å². The van der Waals surface area contributed by atoms with Crippen molar-refractivity contribution in [1.29, 1.82) is 0 Å². The van der Waals surface area contributed by atoms with Gasteiger partial charge < -0.3 is 9.16 Å². The third-order valence-electron chi connectivity index (χ3n) is 4.92. The molecule has 0 spiro atoms. The summed E-state index contributed by atoms with van der Waals surface area (Å²) in [5.41, 5.74) is -0.463. The van der Waals surface area contributed by atoms with Gasteiger partial charge in [0.25, 0.3) is 0 Å². The van der Waals surface area contributed by atoms with Crippen LogP contribution in [0, 0.1) is 0 Å². The third-order valence-corrected chi connectivity index (χ3v) is 9.42. The van der Waals surface area contributed by atoms with E-state index in [1.165, 1.54) is 0 Å². The molecule has 0 aromatic carbocycles. The van der Waals surface area contributed by atoms with Crippen molar-refractivity contribution in [3.8, 4) is 0 Å². The zero-order chi connectivity index (χ0) is 16.9. The second-order valence-corrected chi connectivity index (χ2v) is 13.7. The molecule has 3 unspecified atom stereocenters. The highest BCUT2D eigenvalue weighted by molar-refractivity contribution is 6.74. The van der Waals surface area contributed by atoms with Crippen LogP contribution in [0.1, 0.15) is 48.0 Å². The van der Waals surface area contributed by atoms with Crippen molar-refractivity contribution in [2.75, 3.05) is 0 Å². The maximum Gasteiger partial charge on any atom is 0.411 e. The molecule has 0 aromatic rings. The van der Waals surface area contributed by atoms with E-state index in [4.69, 9.17) is 9.16 Å². The van der Waals surface area contributed by atoms with E-state index >= 15 is 0 Å². The Balaban J connectivity index is 2.08. The topological polar surface area (TPSA) is 38.8 Å². The Bertz CT molecular complexity index is 473. The largest absolute Gasteiger partial charge is 0.444 e. The molecule has 0 aromatic heterocycles. The molecule has 2 rings (SSSR count). The highest BCUT2D eigenvalue weighted by Crippen LogP contribution is 2.42. The van der Waals surface area contributed by atoms with E-state index in [2.05, 4.69) is 46.0 Å². The van der Waals surface area contributed by atoms with E-state index in [0.29, 0.717) is 0 Å². The summed E-state index contributed by atoms with van der Waals surface area (Å²) in [5, 5.41) is 0.176. The van der Waals surface area contributed by atoms with Crippen molar-refractivity contribution in [1.82, 2.24) is 4.90 Å². The Kier molecular flexibility index (Phi) is 4.28. The van der Waals surface area contributed by atoms with E-state index in [1.807, 2.05) is 25.7 Å². The van der Waals surface area contributed by atoms with Crippen LogP contribution in [0.2, 0.25) is 18.1 Å². The fraction of sp³-hybridized carbons (Fsp3) is 0.824. The number of carbonyl (C=O) groups excluding carboxylic acids is 1. The average Bonchev–Trinajstić information content (AvgIpc) is 2.80. The smallest absolute Gasteiger partial charge is 0.411 e. The third kappa shape index (κ3) is 3.40. The Labute approximate surface area is 136 Å². The predicted octanol–water partition coefficient (Wildman–Crippen LogP) is 4.32. The van der Waals surface area contributed by atoms with Crippen LogP contribution < -0.4 is 0 Å². The maximum atomic E-state index is 12.4. The molecule has 5 heteroatoms. The van der Waals surface area contributed by atoms with Gasteiger partial charge >= 0.3 is 6.09 Å². The van der Waals surface area contributed by atoms with Crippen LogP contribution in [-0.2, 0) is 9.16 Å².